The summed E-state index contributed by atoms with van der Waals surface area (Å²) >= 11 is 0. The molecule has 0 saturated heterocycles. The van der Waals surface area contributed by atoms with Crippen LogP contribution < -0.4 is 0 Å². The third-order valence-electron chi connectivity index (χ3n) is 2.78. The lowest BCUT2D eigenvalue weighted by molar-refractivity contribution is 0.0988. The Hall–Kier alpha value is -1.90. The fourth-order valence-electron chi connectivity index (χ4n) is 1.75. The fourth-order valence-corrected chi connectivity index (χ4v) is 1.75. The first-order chi connectivity index (χ1) is 8.29. The number of rotatable bonds is 5. The van der Waals surface area contributed by atoms with Gasteiger partial charge in [-0.1, -0.05) is 13.0 Å². The molecule has 17 heavy (non-hydrogen) atoms. The number of aromatic nitrogens is 2. The Morgan fingerprint density at radius 3 is 3.00 bits per heavy atom. The second-order valence-corrected chi connectivity index (χ2v) is 4.03. The van der Waals surface area contributed by atoms with Crippen LogP contribution in [0.4, 0.5) is 0 Å². The van der Waals surface area contributed by atoms with Gasteiger partial charge in [-0.25, -0.2) is 0 Å². The van der Waals surface area contributed by atoms with Crippen molar-refractivity contribution < 1.29 is 4.79 Å². The van der Waals surface area contributed by atoms with Crippen LogP contribution in [0.3, 0.4) is 0 Å². The number of aryl methyl sites for hydroxylation is 2. The summed E-state index contributed by atoms with van der Waals surface area (Å²) in [6, 6.07) is 5.89. The molecule has 0 aliphatic rings. The molecule has 2 rings (SSSR count). The summed E-state index contributed by atoms with van der Waals surface area (Å²) in [7, 11) is 0. The molecule has 0 atom stereocenters. The minimum Gasteiger partial charge on any atom is -0.353 e. The molecule has 3 heteroatoms. The largest absolute Gasteiger partial charge is 0.353 e. The average Bonchev–Trinajstić information content (AvgIpc) is 2.85. The molecular weight excluding hydrogens is 212 g/mol. The first kappa shape index (κ1) is 11.6. The highest BCUT2D eigenvalue weighted by molar-refractivity contribution is 5.95. The molecule has 0 aliphatic carbocycles. The van der Waals surface area contributed by atoms with Gasteiger partial charge in [0.05, 0.1) is 0 Å². The maximum Gasteiger partial charge on any atom is 0.164 e. The molecule has 2 heterocycles. The Bertz CT molecular complexity index is 488. The lowest BCUT2D eigenvalue weighted by Crippen LogP contribution is -1.99. The van der Waals surface area contributed by atoms with Crippen molar-refractivity contribution in [2.75, 3.05) is 0 Å². The molecule has 88 valence electrons. The van der Waals surface area contributed by atoms with Crippen molar-refractivity contribution in [2.24, 2.45) is 0 Å². The molecule has 0 unspecified atom stereocenters. The summed E-state index contributed by atoms with van der Waals surface area (Å²) in [6.07, 6.45) is 9.02. The minimum absolute atomic E-state index is 0.199. The molecule has 2 aromatic rings. The molecule has 2 aromatic heterocycles. The van der Waals surface area contributed by atoms with Gasteiger partial charge in [0.25, 0.3) is 0 Å². The van der Waals surface area contributed by atoms with Gasteiger partial charge in [0.15, 0.2) is 5.78 Å². The summed E-state index contributed by atoms with van der Waals surface area (Å²) in [6.45, 7) is 2.76. The van der Waals surface area contributed by atoms with E-state index in [1.807, 2.05) is 37.6 Å². The number of carbonyl (C=O) groups excluding carboxylic acids is 1. The molecule has 0 N–H and O–H groups in total. The zero-order valence-corrected chi connectivity index (χ0v) is 9.97. The van der Waals surface area contributed by atoms with Crippen LogP contribution >= 0.6 is 0 Å². The van der Waals surface area contributed by atoms with Gasteiger partial charge < -0.3 is 4.57 Å². The Kier molecular flexibility index (Phi) is 3.70. The van der Waals surface area contributed by atoms with Gasteiger partial charge in [-0.15, -0.1) is 0 Å². The van der Waals surface area contributed by atoms with E-state index in [-0.39, 0.29) is 5.78 Å². The van der Waals surface area contributed by atoms with E-state index in [2.05, 4.69) is 15.6 Å². The van der Waals surface area contributed by atoms with Crippen molar-refractivity contribution in [3.8, 4) is 0 Å². The van der Waals surface area contributed by atoms with Crippen molar-refractivity contribution in [1.82, 2.24) is 9.55 Å². The summed E-state index contributed by atoms with van der Waals surface area (Å²) in [5.41, 5.74) is 2.02. The lowest BCUT2D eigenvalue weighted by Gasteiger charge is -2.02. The van der Waals surface area contributed by atoms with E-state index in [1.54, 1.807) is 6.20 Å². The van der Waals surface area contributed by atoms with Gasteiger partial charge in [0.2, 0.25) is 0 Å². The van der Waals surface area contributed by atoms with Crippen molar-refractivity contribution in [1.29, 1.82) is 0 Å². The Balaban J connectivity index is 1.96. The third-order valence-corrected chi connectivity index (χ3v) is 2.78. The second kappa shape index (κ2) is 5.43. The Morgan fingerprint density at radius 1 is 1.41 bits per heavy atom. The van der Waals surface area contributed by atoms with Crippen molar-refractivity contribution in [3.05, 3.63) is 54.1 Å². The van der Waals surface area contributed by atoms with E-state index < -0.39 is 0 Å². The van der Waals surface area contributed by atoms with E-state index in [9.17, 15) is 4.79 Å². The van der Waals surface area contributed by atoms with E-state index in [4.69, 9.17) is 0 Å². The van der Waals surface area contributed by atoms with Crippen LogP contribution in [0.2, 0.25) is 0 Å². The molecule has 0 bridgehead atoms. The first-order valence-corrected chi connectivity index (χ1v) is 5.87. The van der Waals surface area contributed by atoms with Crippen LogP contribution in [0, 0.1) is 0 Å². The minimum atomic E-state index is 0.199. The topological polar surface area (TPSA) is 34.9 Å². The van der Waals surface area contributed by atoms with Crippen LogP contribution in [-0.4, -0.2) is 15.3 Å². The zero-order chi connectivity index (χ0) is 12.1. The lowest BCUT2D eigenvalue weighted by atomic mass is 10.2. The summed E-state index contributed by atoms with van der Waals surface area (Å²) < 4.78 is 2.05. The Labute approximate surface area is 101 Å². The maximum atomic E-state index is 11.5. The second-order valence-electron chi connectivity index (χ2n) is 4.03. The molecular formula is C14H16N2O. The standard InChI is InChI=1S/C14H16N2O/c1-2-14(17)13-6-9-16(11-13)8-5-12-4-3-7-15-10-12/h3-4,6-7,9-11H,2,5,8H2,1H3. The van der Waals surface area contributed by atoms with Gasteiger partial charge in [0.1, 0.15) is 0 Å². The third kappa shape index (κ3) is 3.03. The van der Waals surface area contributed by atoms with Crippen LogP contribution in [0.5, 0.6) is 0 Å². The normalized spacial score (nSPS) is 10.4. The SMILES string of the molecule is CCC(=O)c1ccn(CCc2cccnc2)c1. The van der Waals surface area contributed by atoms with Gasteiger partial charge >= 0.3 is 0 Å². The van der Waals surface area contributed by atoms with Gasteiger partial charge in [-0.2, -0.15) is 0 Å². The van der Waals surface area contributed by atoms with Gasteiger partial charge in [-0.05, 0) is 24.1 Å². The Morgan fingerprint density at radius 2 is 2.29 bits per heavy atom. The summed E-state index contributed by atoms with van der Waals surface area (Å²) in [5, 5.41) is 0. The van der Waals surface area contributed by atoms with Gasteiger partial charge in [-0.3, -0.25) is 9.78 Å². The highest BCUT2D eigenvalue weighted by Gasteiger charge is 2.04. The van der Waals surface area contributed by atoms with Crippen LogP contribution in [0.15, 0.2) is 43.0 Å². The van der Waals surface area contributed by atoms with Crippen molar-refractivity contribution >= 4 is 5.78 Å². The summed E-state index contributed by atoms with van der Waals surface area (Å²) in [4.78, 5) is 15.6. The highest BCUT2D eigenvalue weighted by atomic mass is 16.1. The van der Waals surface area contributed by atoms with Crippen LogP contribution in [0.25, 0.3) is 0 Å². The van der Waals surface area contributed by atoms with E-state index >= 15 is 0 Å². The smallest absolute Gasteiger partial charge is 0.164 e. The number of hydrogen-bond acceptors (Lipinski definition) is 2. The quantitative estimate of drug-likeness (QED) is 0.737. The number of hydrogen-bond donors (Lipinski definition) is 0. The van der Waals surface area contributed by atoms with Crippen LogP contribution in [-0.2, 0) is 13.0 Å². The van der Waals surface area contributed by atoms with E-state index in [1.165, 1.54) is 5.56 Å². The van der Waals surface area contributed by atoms with Crippen molar-refractivity contribution in [3.63, 3.8) is 0 Å². The number of ketones is 1. The van der Waals surface area contributed by atoms with E-state index in [0.717, 1.165) is 18.5 Å². The molecule has 0 radical (unpaired) electrons. The number of nitrogens with zero attached hydrogens (tertiary/aromatic N) is 2. The predicted octanol–water partition coefficient (Wildman–Crippen LogP) is 2.72. The molecule has 0 saturated carbocycles. The first-order valence-electron chi connectivity index (χ1n) is 5.87. The molecule has 0 aromatic carbocycles. The zero-order valence-electron chi connectivity index (χ0n) is 9.97. The highest BCUT2D eigenvalue weighted by Crippen LogP contribution is 2.06. The summed E-state index contributed by atoms with van der Waals surface area (Å²) in [5.74, 6) is 0.199. The predicted molar refractivity (Wildman–Crippen MR) is 67.0 cm³/mol. The molecule has 0 fully saturated rings. The number of carbonyl (C=O) groups is 1. The van der Waals surface area contributed by atoms with Crippen molar-refractivity contribution in [2.45, 2.75) is 26.3 Å². The molecule has 0 amide bonds. The number of Topliss-reactive ketones (excluding diaryl/α,β-unsaturated/α-hetero) is 1. The average molecular weight is 228 g/mol. The van der Waals surface area contributed by atoms with Crippen LogP contribution in [0.1, 0.15) is 29.3 Å². The molecule has 0 aliphatic heterocycles. The molecule has 3 nitrogen and oxygen atoms in total. The maximum absolute atomic E-state index is 11.5. The monoisotopic (exact) mass is 228 g/mol. The van der Waals surface area contributed by atoms with E-state index in [0.29, 0.717) is 6.42 Å². The fraction of sp³-hybridized carbons (Fsp3) is 0.286. The molecule has 0 spiro atoms. The van der Waals surface area contributed by atoms with Gasteiger partial charge in [0, 0.05) is 43.3 Å². The number of pyridine rings is 1.